The summed E-state index contributed by atoms with van der Waals surface area (Å²) in [6, 6.07) is 10.4. The highest BCUT2D eigenvalue weighted by Gasteiger charge is 2.08. The number of Topliss-reactive ketones (excluding diaryl/α,β-unsaturated/α-hetero) is 1. The van der Waals surface area contributed by atoms with Gasteiger partial charge in [0, 0.05) is 11.3 Å². The molecule has 0 aliphatic carbocycles. The fourth-order valence-corrected chi connectivity index (χ4v) is 2.70. The van der Waals surface area contributed by atoms with Crippen molar-refractivity contribution < 1.29 is 9.59 Å². The van der Waals surface area contributed by atoms with E-state index in [1.54, 1.807) is 30.3 Å². The minimum Gasteiger partial charge on any atom is -0.321 e. The minimum absolute atomic E-state index is 0.00932. The molecule has 0 bridgehead atoms. The third kappa shape index (κ3) is 3.05. The maximum Gasteiger partial charge on any atom is 0.265 e. The van der Waals surface area contributed by atoms with Gasteiger partial charge in [0.05, 0.1) is 8.66 Å². The summed E-state index contributed by atoms with van der Waals surface area (Å²) in [5.74, 6) is -0.142. The maximum atomic E-state index is 11.9. The molecule has 0 saturated carbocycles. The number of ketones is 1. The van der Waals surface area contributed by atoms with Gasteiger partial charge >= 0.3 is 0 Å². The van der Waals surface area contributed by atoms with E-state index in [1.807, 2.05) is 6.07 Å². The molecule has 3 nitrogen and oxygen atoms in total. The Hall–Kier alpha value is -1.46. The molecule has 5 heteroatoms. The first-order chi connectivity index (χ1) is 8.56. The third-order valence-electron chi connectivity index (χ3n) is 2.35. The van der Waals surface area contributed by atoms with Crippen molar-refractivity contribution in [2.45, 2.75) is 6.92 Å². The zero-order valence-electron chi connectivity index (χ0n) is 9.57. The highest BCUT2D eigenvalue weighted by molar-refractivity contribution is 9.11. The second-order valence-corrected chi connectivity index (χ2v) is 6.15. The Morgan fingerprint density at radius 1 is 1.11 bits per heavy atom. The fraction of sp³-hybridized carbons (Fsp3) is 0.0769. The van der Waals surface area contributed by atoms with Crippen LogP contribution in [0.5, 0.6) is 0 Å². The van der Waals surface area contributed by atoms with Crippen molar-refractivity contribution in [3.8, 4) is 0 Å². The Bertz CT molecular complexity index is 589. The number of hydrogen-bond acceptors (Lipinski definition) is 3. The summed E-state index contributed by atoms with van der Waals surface area (Å²) < 4.78 is 0.916. The Balaban J connectivity index is 2.10. The van der Waals surface area contributed by atoms with Crippen LogP contribution < -0.4 is 5.32 Å². The Morgan fingerprint density at radius 3 is 2.28 bits per heavy atom. The van der Waals surface area contributed by atoms with Crippen molar-refractivity contribution in [2.75, 3.05) is 5.32 Å². The number of rotatable bonds is 3. The molecule has 0 aliphatic rings. The Morgan fingerprint density at radius 2 is 1.78 bits per heavy atom. The van der Waals surface area contributed by atoms with Crippen molar-refractivity contribution >= 4 is 44.6 Å². The highest BCUT2D eigenvalue weighted by atomic mass is 79.9. The quantitative estimate of drug-likeness (QED) is 0.869. The Labute approximate surface area is 117 Å². The zero-order valence-corrected chi connectivity index (χ0v) is 12.0. The number of anilines is 1. The highest BCUT2D eigenvalue weighted by Crippen LogP contribution is 2.23. The summed E-state index contributed by atoms with van der Waals surface area (Å²) in [6.45, 7) is 1.51. The third-order valence-corrected chi connectivity index (χ3v) is 3.97. The van der Waals surface area contributed by atoms with Gasteiger partial charge in [-0.15, -0.1) is 11.3 Å². The molecule has 1 N–H and O–H groups in total. The van der Waals surface area contributed by atoms with Crippen LogP contribution >= 0.6 is 27.3 Å². The molecule has 1 amide bonds. The van der Waals surface area contributed by atoms with Crippen LogP contribution in [0.15, 0.2) is 40.2 Å². The van der Waals surface area contributed by atoms with Gasteiger partial charge in [-0.1, -0.05) is 0 Å². The summed E-state index contributed by atoms with van der Waals surface area (Å²) in [7, 11) is 0. The van der Waals surface area contributed by atoms with E-state index in [-0.39, 0.29) is 11.7 Å². The van der Waals surface area contributed by atoms with Crippen LogP contribution in [0.3, 0.4) is 0 Å². The molecule has 18 heavy (non-hydrogen) atoms. The Kier molecular flexibility index (Phi) is 3.93. The smallest absolute Gasteiger partial charge is 0.265 e. The van der Waals surface area contributed by atoms with Crippen LogP contribution in [-0.2, 0) is 0 Å². The number of carbonyl (C=O) groups is 2. The van der Waals surface area contributed by atoms with Gasteiger partial charge in [-0.25, -0.2) is 0 Å². The number of amides is 1. The number of hydrogen-bond donors (Lipinski definition) is 1. The van der Waals surface area contributed by atoms with E-state index in [1.165, 1.54) is 18.3 Å². The average Bonchev–Trinajstić information content (AvgIpc) is 2.76. The van der Waals surface area contributed by atoms with Crippen LogP contribution in [-0.4, -0.2) is 11.7 Å². The van der Waals surface area contributed by atoms with E-state index in [4.69, 9.17) is 0 Å². The van der Waals surface area contributed by atoms with Crippen LogP contribution in [0.4, 0.5) is 5.69 Å². The molecular formula is C13H10BrNO2S. The van der Waals surface area contributed by atoms with Gasteiger partial charge in [0.2, 0.25) is 0 Å². The maximum absolute atomic E-state index is 11.9. The summed E-state index contributed by atoms with van der Waals surface area (Å²) in [5.41, 5.74) is 1.31. The molecule has 0 aliphatic heterocycles. The lowest BCUT2D eigenvalue weighted by molar-refractivity contribution is 0.101. The van der Waals surface area contributed by atoms with Gasteiger partial charge < -0.3 is 5.32 Å². The lowest BCUT2D eigenvalue weighted by atomic mass is 10.1. The summed E-state index contributed by atoms with van der Waals surface area (Å²) >= 11 is 4.69. The van der Waals surface area contributed by atoms with Gasteiger partial charge in [0.25, 0.3) is 5.91 Å². The van der Waals surface area contributed by atoms with Crippen molar-refractivity contribution in [3.05, 3.63) is 50.6 Å². The SMILES string of the molecule is CC(=O)c1ccc(NC(=O)c2ccc(Br)s2)cc1. The molecule has 1 aromatic carbocycles. The summed E-state index contributed by atoms with van der Waals surface area (Å²) in [5, 5.41) is 2.78. The van der Waals surface area contributed by atoms with Gasteiger partial charge in [-0.2, -0.15) is 0 Å². The van der Waals surface area contributed by atoms with Crippen LogP contribution in [0.2, 0.25) is 0 Å². The van der Waals surface area contributed by atoms with E-state index >= 15 is 0 Å². The monoisotopic (exact) mass is 323 g/mol. The first kappa shape index (κ1) is 13.0. The molecule has 92 valence electrons. The molecule has 2 aromatic rings. The van der Waals surface area contributed by atoms with E-state index in [9.17, 15) is 9.59 Å². The van der Waals surface area contributed by atoms with Gasteiger partial charge in [0.1, 0.15) is 0 Å². The molecular weight excluding hydrogens is 314 g/mol. The normalized spacial score (nSPS) is 10.1. The van der Waals surface area contributed by atoms with Crippen molar-refractivity contribution in [1.29, 1.82) is 0 Å². The van der Waals surface area contributed by atoms with E-state index in [0.29, 0.717) is 16.1 Å². The summed E-state index contributed by atoms with van der Waals surface area (Å²) in [4.78, 5) is 23.6. The largest absolute Gasteiger partial charge is 0.321 e. The van der Waals surface area contributed by atoms with Crippen LogP contribution in [0.1, 0.15) is 27.0 Å². The van der Waals surface area contributed by atoms with E-state index < -0.39 is 0 Å². The first-order valence-electron chi connectivity index (χ1n) is 5.24. The fourth-order valence-electron chi connectivity index (χ4n) is 1.42. The number of halogens is 1. The molecule has 0 unspecified atom stereocenters. The molecule has 1 aromatic heterocycles. The lowest BCUT2D eigenvalue weighted by Gasteiger charge is -2.04. The first-order valence-corrected chi connectivity index (χ1v) is 6.85. The molecule has 0 spiro atoms. The van der Waals surface area contributed by atoms with Crippen LogP contribution in [0.25, 0.3) is 0 Å². The molecule has 0 fully saturated rings. The van der Waals surface area contributed by atoms with Crippen LogP contribution in [0, 0.1) is 0 Å². The van der Waals surface area contributed by atoms with Crippen molar-refractivity contribution in [3.63, 3.8) is 0 Å². The van der Waals surface area contributed by atoms with Gasteiger partial charge in [-0.3, -0.25) is 9.59 Å². The van der Waals surface area contributed by atoms with E-state index in [0.717, 1.165) is 3.79 Å². The van der Waals surface area contributed by atoms with Gasteiger partial charge in [0.15, 0.2) is 5.78 Å². The molecule has 0 saturated heterocycles. The standard InChI is InChI=1S/C13H10BrNO2S/c1-8(16)9-2-4-10(5-3-9)15-13(17)11-6-7-12(14)18-11/h2-7H,1H3,(H,15,17). The van der Waals surface area contributed by atoms with Gasteiger partial charge in [-0.05, 0) is 59.3 Å². The zero-order chi connectivity index (χ0) is 13.1. The predicted octanol–water partition coefficient (Wildman–Crippen LogP) is 3.97. The number of carbonyl (C=O) groups excluding carboxylic acids is 2. The molecule has 0 atom stereocenters. The number of nitrogens with one attached hydrogen (secondary N) is 1. The number of benzene rings is 1. The number of thiophene rings is 1. The second-order valence-electron chi connectivity index (χ2n) is 3.69. The van der Waals surface area contributed by atoms with Crippen molar-refractivity contribution in [1.82, 2.24) is 0 Å². The summed E-state index contributed by atoms with van der Waals surface area (Å²) in [6.07, 6.45) is 0. The van der Waals surface area contributed by atoms with Crippen molar-refractivity contribution in [2.24, 2.45) is 0 Å². The molecule has 2 rings (SSSR count). The predicted molar refractivity (Wildman–Crippen MR) is 76.4 cm³/mol. The topological polar surface area (TPSA) is 46.2 Å². The molecule has 1 heterocycles. The van der Waals surface area contributed by atoms with E-state index in [2.05, 4.69) is 21.2 Å². The average molecular weight is 324 g/mol. The minimum atomic E-state index is -0.152. The lowest BCUT2D eigenvalue weighted by Crippen LogP contribution is -2.10. The second kappa shape index (κ2) is 5.46. The molecule has 0 radical (unpaired) electrons.